The number of nitrogens with two attached hydrogens (primary N) is 1. The van der Waals surface area contributed by atoms with Crippen LogP contribution in [0.4, 0.5) is 5.69 Å². The summed E-state index contributed by atoms with van der Waals surface area (Å²) < 4.78 is 1.24. The van der Waals surface area contributed by atoms with Crippen LogP contribution in [-0.4, -0.2) is 12.6 Å². The standard InChI is InChI=1S/C11H13BrN2/c1-6-2-3-7-9(10(6)12)11(5-14-7)4-8(11)13/h2-3,8,14H,4-5,13H2,1H3. The number of hydrogen-bond donors (Lipinski definition) is 2. The van der Waals surface area contributed by atoms with E-state index in [1.54, 1.807) is 0 Å². The van der Waals surface area contributed by atoms with Gasteiger partial charge < -0.3 is 11.1 Å². The summed E-state index contributed by atoms with van der Waals surface area (Å²) in [7, 11) is 0. The Labute approximate surface area is 92.0 Å². The Morgan fingerprint density at radius 3 is 2.93 bits per heavy atom. The first-order valence-electron chi connectivity index (χ1n) is 4.94. The second-order valence-electron chi connectivity index (χ2n) is 4.44. The van der Waals surface area contributed by atoms with E-state index in [2.05, 4.69) is 40.3 Å². The maximum atomic E-state index is 6.04. The van der Waals surface area contributed by atoms with Gasteiger partial charge in [-0.3, -0.25) is 0 Å². The summed E-state index contributed by atoms with van der Waals surface area (Å²) in [6, 6.07) is 4.65. The lowest BCUT2D eigenvalue weighted by Gasteiger charge is -2.11. The Balaban J connectivity index is 2.23. The molecule has 3 N–H and O–H groups in total. The fraction of sp³-hybridized carbons (Fsp3) is 0.455. The van der Waals surface area contributed by atoms with Gasteiger partial charge in [0, 0.05) is 28.2 Å². The maximum absolute atomic E-state index is 6.04. The number of fused-ring (bicyclic) bond motifs is 2. The largest absolute Gasteiger partial charge is 0.384 e. The molecular weight excluding hydrogens is 240 g/mol. The number of halogens is 1. The van der Waals surface area contributed by atoms with Gasteiger partial charge in [0.25, 0.3) is 0 Å². The van der Waals surface area contributed by atoms with E-state index in [-0.39, 0.29) is 5.41 Å². The van der Waals surface area contributed by atoms with Crippen LogP contribution in [0.2, 0.25) is 0 Å². The summed E-state index contributed by atoms with van der Waals surface area (Å²) in [5, 5.41) is 3.44. The Hall–Kier alpha value is -0.540. The van der Waals surface area contributed by atoms with E-state index in [1.165, 1.54) is 21.3 Å². The predicted molar refractivity (Wildman–Crippen MR) is 61.6 cm³/mol. The third-order valence-electron chi connectivity index (χ3n) is 3.56. The van der Waals surface area contributed by atoms with E-state index >= 15 is 0 Å². The monoisotopic (exact) mass is 252 g/mol. The smallest absolute Gasteiger partial charge is 0.0391 e. The van der Waals surface area contributed by atoms with Gasteiger partial charge in [-0.15, -0.1) is 0 Å². The zero-order chi connectivity index (χ0) is 9.92. The van der Waals surface area contributed by atoms with Crippen molar-refractivity contribution in [3.8, 4) is 0 Å². The molecule has 2 unspecified atom stereocenters. The highest BCUT2D eigenvalue weighted by molar-refractivity contribution is 9.10. The first kappa shape index (κ1) is 8.74. The van der Waals surface area contributed by atoms with Gasteiger partial charge in [-0.25, -0.2) is 0 Å². The third kappa shape index (κ3) is 0.894. The first-order valence-corrected chi connectivity index (χ1v) is 5.73. The molecule has 2 atom stereocenters. The first-order chi connectivity index (χ1) is 6.65. The summed E-state index contributed by atoms with van der Waals surface area (Å²) in [6.07, 6.45) is 1.12. The molecule has 1 fully saturated rings. The van der Waals surface area contributed by atoms with Gasteiger partial charge >= 0.3 is 0 Å². The molecule has 0 amide bonds. The molecule has 1 aliphatic carbocycles. The molecule has 3 rings (SSSR count). The average molecular weight is 253 g/mol. The Bertz CT molecular complexity index is 416. The van der Waals surface area contributed by atoms with Gasteiger partial charge in [0.15, 0.2) is 0 Å². The second kappa shape index (κ2) is 2.52. The molecule has 1 saturated carbocycles. The number of aryl methyl sites for hydroxylation is 1. The highest BCUT2D eigenvalue weighted by atomic mass is 79.9. The molecule has 0 radical (unpaired) electrons. The van der Waals surface area contributed by atoms with E-state index in [4.69, 9.17) is 5.73 Å². The normalized spacial score (nSPS) is 32.9. The van der Waals surface area contributed by atoms with Gasteiger partial charge in [0.2, 0.25) is 0 Å². The van der Waals surface area contributed by atoms with Crippen molar-refractivity contribution in [1.29, 1.82) is 0 Å². The number of hydrogen-bond acceptors (Lipinski definition) is 2. The highest BCUT2D eigenvalue weighted by Gasteiger charge is 2.57. The van der Waals surface area contributed by atoms with Crippen LogP contribution in [0.3, 0.4) is 0 Å². The van der Waals surface area contributed by atoms with Gasteiger partial charge in [-0.1, -0.05) is 22.0 Å². The number of benzene rings is 1. The lowest BCUT2D eigenvalue weighted by molar-refractivity contribution is 0.729. The molecule has 14 heavy (non-hydrogen) atoms. The fourth-order valence-corrected chi connectivity index (χ4v) is 3.22. The molecule has 1 heterocycles. The topological polar surface area (TPSA) is 38.0 Å². The van der Waals surface area contributed by atoms with E-state index in [1.807, 2.05) is 0 Å². The molecular formula is C11H13BrN2. The van der Waals surface area contributed by atoms with E-state index < -0.39 is 0 Å². The second-order valence-corrected chi connectivity index (χ2v) is 5.23. The van der Waals surface area contributed by atoms with Crippen molar-refractivity contribution in [2.45, 2.75) is 24.8 Å². The lowest BCUT2D eigenvalue weighted by atomic mass is 9.96. The minimum Gasteiger partial charge on any atom is -0.384 e. The number of nitrogens with one attached hydrogen (secondary N) is 1. The van der Waals surface area contributed by atoms with Gasteiger partial charge in [0.05, 0.1) is 0 Å². The Kier molecular flexibility index (Phi) is 1.58. The molecule has 2 aliphatic rings. The summed E-state index contributed by atoms with van der Waals surface area (Å²) in [5.41, 5.74) is 10.2. The summed E-state index contributed by atoms with van der Waals surface area (Å²) in [5.74, 6) is 0. The molecule has 74 valence electrons. The summed E-state index contributed by atoms with van der Waals surface area (Å²) in [4.78, 5) is 0. The molecule has 0 saturated heterocycles. The van der Waals surface area contributed by atoms with Gasteiger partial charge in [-0.05, 0) is 30.5 Å². The lowest BCUT2D eigenvalue weighted by Crippen LogP contribution is -2.20. The third-order valence-corrected chi connectivity index (χ3v) is 4.58. The van der Waals surface area contributed by atoms with Crippen molar-refractivity contribution in [3.63, 3.8) is 0 Å². The fourth-order valence-electron chi connectivity index (χ4n) is 2.48. The zero-order valence-corrected chi connectivity index (χ0v) is 9.69. The minimum atomic E-state index is 0.236. The number of rotatable bonds is 0. The van der Waals surface area contributed by atoms with Crippen LogP contribution in [0.15, 0.2) is 16.6 Å². The average Bonchev–Trinajstić information content (AvgIpc) is 2.64. The summed E-state index contributed by atoms with van der Waals surface area (Å²) >= 11 is 3.68. The molecule has 1 aliphatic heterocycles. The molecule has 1 spiro atoms. The van der Waals surface area contributed by atoms with Crippen molar-refractivity contribution in [3.05, 3.63) is 27.7 Å². The highest BCUT2D eigenvalue weighted by Crippen LogP contribution is 2.56. The van der Waals surface area contributed by atoms with Crippen molar-refractivity contribution < 1.29 is 0 Å². The minimum absolute atomic E-state index is 0.236. The van der Waals surface area contributed by atoms with Crippen molar-refractivity contribution in [1.82, 2.24) is 0 Å². The molecule has 1 aromatic carbocycles. The Morgan fingerprint density at radius 2 is 2.29 bits per heavy atom. The van der Waals surface area contributed by atoms with Gasteiger partial charge in [0.1, 0.15) is 0 Å². The van der Waals surface area contributed by atoms with Crippen molar-refractivity contribution in [2.75, 3.05) is 11.9 Å². The zero-order valence-electron chi connectivity index (χ0n) is 8.10. The molecule has 3 heteroatoms. The van der Waals surface area contributed by atoms with Crippen LogP contribution in [-0.2, 0) is 5.41 Å². The van der Waals surface area contributed by atoms with Crippen molar-refractivity contribution in [2.24, 2.45) is 5.73 Å². The van der Waals surface area contributed by atoms with Crippen LogP contribution in [0, 0.1) is 6.92 Å². The Morgan fingerprint density at radius 1 is 1.57 bits per heavy atom. The molecule has 2 nitrogen and oxygen atoms in total. The number of anilines is 1. The summed E-state index contributed by atoms with van der Waals surface area (Å²) in [6.45, 7) is 3.13. The van der Waals surface area contributed by atoms with Crippen molar-refractivity contribution >= 4 is 21.6 Å². The van der Waals surface area contributed by atoms with E-state index in [9.17, 15) is 0 Å². The maximum Gasteiger partial charge on any atom is 0.0391 e. The quantitative estimate of drug-likeness (QED) is 0.743. The van der Waals surface area contributed by atoms with Crippen LogP contribution in [0.1, 0.15) is 17.5 Å². The van der Waals surface area contributed by atoms with Crippen LogP contribution >= 0.6 is 15.9 Å². The van der Waals surface area contributed by atoms with E-state index in [0.717, 1.165) is 13.0 Å². The molecule has 0 aromatic heterocycles. The van der Waals surface area contributed by atoms with Gasteiger partial charge in [-0.2, -0.15) is 0 Å². The predicted octanol–water partition coefficient (Wildman–Crippen LogP) is 2.15. The van der Waals surface area contributed by atoms with Crippen LogP contribution < -0.4 is 11.1 Å². The van der Waals surface area contributed by atoms with Crippen LogP contribution in [0.25, 0.3) is 0 Å². The van der Waals surface area contributed by atoms with Crippen LogP contribution in [0.5, 0.6) is 0 Å². The molecule has 0 bridgehead atoms. The van der Waals surface area contributed by atoms with E-state index in [0.29, 0.717) is 6.04 Å². The SMILES string of the molecule is Cc1ccc2c(c1Br)C1(CN2)CC1N. The molecule has 1 aromatic rings.